The number of hydrogen-bond donors (Lipinski definition) is 2. The van der Waals surface area contributed by atoms with Crippen LogP contribution in [0.15, 0.2) is 77.7 Å². The highest BCUT2D eigenvalue weighted by Crippen LogP contribution is 2.21. The van der Waals surface area contributed by atoms with Crippen molar-refractivity contribution in [3.8, 4) is 0 Å². The molecule has 0 spiro atoms. The first-order valence-corrected chi connectivity index (χ1v) is 11.5. The number of rotatable bonds is 8. The van der Waals surface area contributed by atoms with Gasteiger partial charge in [-0.3, -0.25) is 9.52 Å². The van der Waals surface area contributed by atoms with Crippen molar-refractivity contribution in [2.45, 2.75) is 38.1 Å². The minimum atomic E-state index is -3.79. The highest BCUT2D eigenvalue weighted by molar-refractivity contribution is 7.92. The second kappa shape index (κ2) is 9.59. The summed E-state index contributed by atoms with van der Waals surface area (Å²) >= 11 is 0. The van der Waals surface area contributed by atoms with Crippen LogP contribution < -0.4 is 10.0 Å². The van der Waals surface area contributed by atoms with Crippen molar-refractivity contribution in [2.24, 2.45) is 0 Å². The van der Waals surface area contributed by atoms with Gasteiger partial charge in [0.25, 0.3) is 15.9 Å². The summed E-state index contributed by atoms with van der Waals surface area (Å²) in [6.07, 6.45) is 1.80. The fourth-order valence-corrected chi connectivity index (χ4v) is 4.35. The van der Waals surface area contributed by atoms with Crippen LogP contribution in [-0.4, -0.2) is 14.3 Å². The van der Waals surface area contributed by atoms with Gasteiger partial charge in [-0.1, -0.05) is 62.4 Å². The van der Waals surface area contributed by atoms with Crippen molar-refractivity contribution >= 4 is 21.6 Å². The van der Waals surface area contributed by atoms with Crippen LogP contribution in [0.1, 0.15) is 40.9 Å². The van der Waals surface area contributed by atoms with Crippen LogP contribution in [0, 0.1) is 0 Å². The summed E-state index contributed by atoms with van der Waals surface area (Å²) in [5.41, 5.74) is 4.00. The molecule has 30 heavy (non-hydrogen) atoms. The SMILES string of the molecule is CCc1ccc(CC)c(CNC(=O)c2ccccc2NS(=O)(=O)c2ccccc2)c1. The van der Waals surface area contributed by atoms with Gasteiger partial charge in [0.1, 0.15) is 0 Å². The molecule has 0 aliphatic heterocycles. The van der Waals surface area contributed by atoms with Gasteiger partial charge in [0.15, 0.2) is 0 Å². The minimum Gasteiger partial charge on any atom is -0.348 e. The molecule has 0 unspecified atom stereocenters. The summed E-state index contributed by atoms with van der Waals surface area (Å²) in [5, 5.41) is 2.93. The quantitative estimate of drug-likeness (QED) is 0.559. The Hall–Kier alpha value is -3.12. The third-order valence-electron chi connectivity index (χ3n) is 4.97. The lowest BCUT2D eigenvalue weighted by molar-refractivity contribution is 0.0951. The molecular weight excluding hydrogens is 396 g/mol. The van der Waals surface area contributed by atoms with E-state index in [4.69, 9.17) is 0 Å². The van der Waals surface area contributed by atoms with E-state index >= 15 is 0 Å². The highest BCUT2D eigenvalue weighted by atomic mass is 32.2. The summed E-state index contributed by atoms with van der Waals surface area (Å²) in [6.45, 7) is 4.56. The zero-order valence-corrected chi connectivity index (χ0v) is 18.0. The van der Waals surface area contributed by atoms with Crippen molar-refractivity contribution in [3.05, 3.63) is 95.1 Å². The topological polar surface area (TPSA) is 75.3 Å². The monoisotopic (exact) mass is 422 g/mol. The first-order chi connectivity index (χ1) is 14.4. The normalized spacial score (nSPS) is 11.1. The molecule has 1 amide bonds. The zero-order chi connectivity index (χ0) is 21.6. The maximum atomic E-state index is 12.9. The van der Waals surface area contributed by atoms with E-state index < -0.39 is 10.0 Å². The van der Waals surface area contributed by atoms with Crippen molar-refractivity contribution < 1.29 is 13.2 Å². The van der Waals surface area contributed by atoms with E-state index in [1.807, 2.05) is 0 Å². The Balaban J connectivity index is 1.80. The summed E-state index contributed by atoms with van der Waals surface area (Å²) in [5.74, 6) is -0.328. The van der Waals surface area contributed by atoms with Gasteiger partial charge in [0, 0.05) is 6.54 Å². The largest absolute Gasteiger partial charge is 0.348 e. The molecule has 0 saturated carbocycles. The van der Waals surface area contributed by atoms with Crippen molar-refractivity contribution in [3.63, 3.8) is 0 Å². The molecule has 0 aliphatic carbocycles. The fraction of sp³-hybridized carbons (Fsp3) is 0.208. The lowest BCUT2D eigenvalue weighted by atomic mass is 10.0. The van der Waals surface area contributed by atoms with Crippen LogP contribution in [0.25, 0.3) is 0 Å². The summed E-state index contributed by atoms with van der Waals surface area (Å²) in [7, 11) is -3.79. The van der Waals surface area contributed by atoms with Crippen LogP contribution in [0.5, 0.6) is 0 Å². The fourth-order valence-electron chi connectivity index (χ4n) is 3.25. The molecule has 0 aliphatic rings. The zero-order valence-electron chi connectivity index (χ0n) is 17.2. The summed E-state index contributed by atoms with van der Waals surface area (Å²) < 4.78 is 27.9. The maximum Gasteiger partial charge on any atom is 0.261 e. The smallest absolute Gasteiger partial charge is 0.261 e. The molecule has 0 aromatic heterocycles. The van der Waals surface area contributed by atoms with E-state index in [-0.39, 0.29) is 22.1 Å². The van der Waals surface area contributed by atoms with Crippen molar-refractivity contribution in [1.82, 2.24) is 5.32 Å². The van der Waals surface area contributed by atoms with Crippen LogP contribution in [-0.2, 0) is 29.4 Å². The van der Waals surface area contributed by atoms with Crippen LogP contribution in [0.4, 0.5) is 5.69 Å². The standard InChI is InChI=1S/C24H26N2O3S/c1-3-18-14-15-19(4-2)20(16-18)17-25-24(27)22-12-8-9-13-23(22)26-30(28,29)21-10-6-5-7-11-21/h5-16,26H,3-4,17H2,1-2H3,(H,25,27). The molecule has 0 heterocycles. The van der Waals surface area contributed by atoms with E-state index in [2.05, 4.69) is 42.1 Å². The first-order valence-electron chi connectivity index (χ1n) is 10.0. The molecule has 0 fully saturated rings. The lowest BCUT2D eigenvalue weighted by Crippen LogP contribution is -2.25. The van der Waals surface area contributed by atoms with E-state index in [0.717, 1.165) is 18.4 Å². The second-order valence-electron chi connectivity index (χ2n) is 6.96. The number of nitrogens with one attached hydrogen (secondary N) is 2. The van der Waals surface area contributed by atoms with Crippen LogP contribution in [0.3, 0.4) is 0 Å². The number of amides is 1. The Kier molecular flexibility index (Phi) is 6.90. The maximum absolute atomic E-state index is 12.9. The summed E-state index contributed by atoms with van der Waals surface area (Å²) in [4.78, 5) is 13.0. The lowest BCUT2D eigenvalue weighted by Gasteiger charge is -2.14. The average Bonchev–Trinajstić information content (AvgIpc) is 2.78. The van der Waals surface area contributed by atoms with Crippen molar-refractivity contribution in [2.75, 3.05) is 4.72 Å². The van der Waals surface area contributed by atoms with Gasteiger partial charge >= 0.3 is 0 Å². The number of hydrogen-bond acceptors (Lipinski definition) is 3. The molecule has 2 N–H and O–H groups in total. The number of para-hydroxylation sites is 1. The molecule has 3 rings (SSSR count). The molecule has 5 nitrogen and oxygen atoms in total. The average molecular weight is 423 g/mol. The molecule has 0 bridgehead atoms. The Labute approximate surface area is 178 Å². The third kappa shape index (κ3) is 5.07. The Morgan fingerprint density at radius 3 is 2.23 bits per heavy atom. The molecule has 3 aromatic rings. The van der Waals surface area contributed by atoms with Crippen molar-refractivity contribution in [1.29, 1.82) is 0 Å². The molecule has 156 valence electrons. The molecule has 0 radical (unpaired) electrons. The van der Waals surface area contributed by atoms with Gasteiger partial charge in [-0.2, -0.15) is 0 Å². The highest BCUT2D eigenvalue weighted by Gasteiger charge is 2.18. The van der Waals surface area contributed by atoms with Crippen LogP contribution >= 0.6 is 0 Å². The van der Waals surface area contributed by atoms with Gasteiger partial charge in [-0.25, -0.2) is 8.42 Å². The molecule has 6 heteroatoms. The Bertz CT molecular complexity index is 1130. The predicted octanol–water partition coefficient (Wildman–Crippen LogP) is 4.54. The predicted molar refractivity (Wildman–Crippen MR) is 120 cm³/mol. The number of anilines is 1. The molecular formula is C24H26N2O3S. The third-order valence-corrected chi connectivity index (χ3v) is 6.35. The second-order valence-corrected chi connectivity index (χ2v) is 8.64. The molecule has 0 atom stereocenters. The van der Waals surface area contributed by atoms with Gasteiger partial charge in [0.2, 0.25) is 0 Å². The van der Waals surface area contributed by atoms with Gasteiger partial charge in [-0.05, 0) is 53.8 Å². The first kappa shape index (κ1) is 21.6. The van der Waals surface area contributed by atoms with Gasteiger partial charge < -0.3 is 5.32 Å². The van der Waals surface area contributed by atoms with E-state index in [1.54, 1.807) is 42.5 Å². The van der Waals surface area contributed by atoms with E-state index in [1.165, 1.54) is 23.3 Å². The summed E-state index contributed by atoms with van der Waals surface area (Å²) in [6, 6.07) is 21.0. The number of carbonyl (C=O) groups is 1. The molecule has 3 aromatic carbocycles. The van der Waals surface area contributed by atoms with E-state index in [0.29, 0.717) is 6.54 Å². The number of benzene rings is 3. The van der Waals surface area contributed by atoms with Gasteiger partial charge in [0.05, 0.1) is 16.1 Å². The molecule has 0 saturated heterocycles. The van der Waals surface area contributed by atoms with Crippen LogP contribution in [0.2, 0.25) is 0 Å². The number of aryl methyl sites for hydroxylation is 2. The van der Waals surface area contributed by atoms with Gasteiger partial charge in [-0.15, -0.1) is 0 Å². The number of sulfonamides is 1. The van der Waals surface area contributed by atoms with E-state index in [9.17, 15) is 13.2 Å². The Morgan fingerprint density at radius 1 is 0.833 bits per heavy atom. The Morgan fingerprint density at radius 2 is 1.53 bits per heavy atom. The minimum absolute atomic E-state index is 0.143. The number of carbonyl (C=O) groups excluding carboxylic acids is 1.